The number of likely N-dealkylation sites (tertiary alicyclic amines) is 1. The zero-order valence-electron chi connectivity index (χ0n) is 15.8. The maximum Gasteiger partial charge on any atom is 0.227 e. The molecule has 6 heteroatoms. The largest absolute Gasteiger partial charge is 0.363 e. The van der Waals surface area contributed by atoms with E-state index < -0.39 is 0 Å². The fraction of sp³-hybridized carbons (Fsp3) is 0.450. The Labute approximate surface area is 155 Å². The average Bonchev–Trinajstić information content (AvgIpc) is 2.68. The number of benzene rings is 1. The molecular formula is C20H26N6. The van der Waals surface area contributed by atoms with Crippen molar-refractivity contribution in [2.75, 3.05) is 44.0 Å². The summed E-state index contributed by atoms with van der Waals surface area (Å²) in [6, 6.07) is 12.4. The van der Waals surface area contributed by atoms with E-state index in [1.54, 1.807) is 0 Å². The quantitative estimate of drug-likeness (QED) is 0.826. The number of hydrogen-bond acceptors (Lipinski definition) is 6. The van der Waals surface area contributed by atoms with Gasteiger partial charge in [-0.1, -0.05) is 12.1 Å². The fourth-order valence-electron chi connectivity index (χ4n) is 3.36. The van der Waals surface area contributed by atoms with Gasteiger partial charge in [0.1, 0.15) is 5.82 Å². The van der Waals surface area contributed by atoms with Crippen molar-refractivity contribution in [2.24, 2.45) is 0 Å². The van der Waals surface area contributed by atoms with E-state index >= 15 is 0 Å². The predicted octanol–water partition coefficient (Wildman–Crippen LogP) is 2.52. The second-order valence-corrected chi connectivity index (χ2v) is 7.06. The first kappa shape index (κ1) is 18.2. The summed E-state index contributed by atoms with van der Waals surface area (Å²) in [6.07, 6.45) is 4.14. The standard InChI is InChI=1S/C20H26N6/c1-24(2)19-10-11-22-20(23-19)25(3)18-5-4-12-26(15-18)14-17-8-6-16(13-21)7-9-17/h6-11,18H,4-5,12,14-15H2,1-3H3. The number of anilines is 2. The smallest absolute Gasteiger partial charge is 0.227 e. The number of nitriles is 1. The summed E-state index contributed by atoms with van der Waals surface area (Å²) in [5, 5.41) is 8.93. The number of rotatable bonds is 5. The van der Waals surface area contributed by atoms with Gasteiger partial charge in [0.25, 0.3) is 0 Å². The third kappa shape index (κ3) is 4.30. The third-order valence-corrected chi connectivity index (χ3v) is 4.92. The van der Waals surface area contributed by atoms with Gasteiger partial charge in [-0.05, 0) is 43.1 Å². The molecule has 136 valence electrons. The van der Waals surface area contributed by atoms with Crippen molar-refractivity contribution in [1.82, 2.24) is 14.9 Å². The van der Waals surface area contributed by atoms with E-state index in [4.69, 9.17) is 5.26 Å². The van der Waals surface area contributed by atoms with E-state index in [0.29, 0.717) is 11.6 Å². The molecule has 1 saturated heterocycles. The van der Waals surface area contributed by atoms with E-state index in [-0.39, 0.29) is 0 Å². The van der Waals surface area contributed by atoms with Gasteiger partial charge < -0.3 is 9.80 Å². The Balaban J connectivity index is 1.65. The third-order valence-electron chi connectivity index (χ3n) is 4.92. The summed E-state index contributed by atoms with van der Waals surface area (Å²) in [5.74, 6) is 1.70. The van der Waals surface area contributed by atoms with E-state index in [1.165, 1.54) is 12.0 Å². The van der Waals surface area contributed by atoms with Crippen LogP contribution in [-0.2, 0) is 6.54 Å². The monoisotopic (exact) mass is 350 g/mol. The Hall–Kier alpha value is -2.65. The van der Waals surface area contributed by atoms with E-state index in [9.17, 15) is 0 Å². The summed E-state index contributed by atoms with van der Waals surface area (Å²) in [5.41, 5.74) is 1.96. The van der Waals surface area contributed by atoms with Crippen molar-refractivity contribution in [3.8, 4) is 6.07 Å². The number of likely N-dealkylation sites (N-methyl/N-ethyl adjacent to an activating group) is 1. The molecule has 0 aliphatic carbocycles. The lowest BCUT2D eigenvalue weighted by Crippen LogP contribution is -2.46. The van der Waals surface area contributed by atoms with Crippen molar-refractivity contribution in [3.05, 3.63) is 47.7 Å². The molecule has 26 heavy (non-hydrogen) atoms. The molecule has 2 heterocycles. The molecule has 0 amide bonds. The summed E-state index contributed by atoms with van der Waals surface area (Å²) in [7, 11) is 6.07. The van der Waals surface area contributed by atoms with Crippen LogP contribution < -0.4 is 9.80 Å². The molecule has 1 atom stereocenters. The Morgan fingerprint density at radius 3 is 2.65 bits per heavy atom. The Kier molecular flexibility index (Phi) is 5.69. The maximum absolute atomic E-state index is 8.93. The minimum atomic E-state index is 0.402. The van der Waals surface area contributed by atoms with Crippen LogP contribution in [0.4, 0.5) is 11.8 Å². The summed E-state index contributed by atoms with van der Waals surface area (Å²) in [4.78, 5) is 15.8. The Bertz CT molecular complexity index is 765. The van der Waals surface area contributed by atoms with Gasteiger partial charge in [0.15, 0.2) is 0 Å². The molecule has 0 N–H and O–H groups in total. The molecule has 0 radical (unpaired) electrons. The topological polar surface area (TPSA) is 59.3 Å². The second-order valence-electron chi connectivity index (χ2n) is 7.06. The van der Waals surface area contributed by atoms with Crippen LogP contribution in [0.3, 0.4) is 0 Å². The van der Waals surface area contributed by atoms with Crippen molar-refractivity contribution in [2.45, 2.75) is 25.4 Å². The van der Waals surface area contributed by atoms with Crippen molar-refractivity contribution < 1.29 is 0 Å². The Morgan fingerprint density at radius 2 is 1.96 bits per heavy atom. The summed E-state index contributed by atoms with van der Waals surface area (Å²) < 4.78 is 0. The van der Waals surface area contributed by atoms with E-state index in [0.717, 1.165) is 37.8 Å². The van der Waals surface area contributed by atoms with Gasteiger partial charge in [0, 0.05) is 46.5 Å². The van der Waals surface area contributed by atoms with Crippen molar-refractivity contribution >= 4 is 11.8 Å². The second kappa shape index (κ2) is 8.15. The molecule has 1 aliphatic rings. The number of piperidine rings is 1. The number of aromatic nitrogens is 2. The number of hydrogen-bond donors (Lipinski definition) is 0. The number of nitrogens with zero attached hydrogens (tertiary/aromatic N) is 6. The molecule has 1 aromatic heterocycles. The van der Waals surface area contributed by atoms with Crippen LogP contribution in [-0.4, -0.2) is 55.1 Å². The lowest BCUT2D eigenvalue weighted by atomic mass is 10.0. The highest BCUT2D eigenvalue weighted by atomic mass is 15.3. The molecular weight excluding hydrogens is 324 g/mol. The van der Waals surface area contributed by atoms with Crippen molar-refractivity contribution in [1.29, 1.82) is 5.26 Å². The van der Waals surface area contributed by atoms with Gasteiger partial charge >= 0.3 is 0 Å². The van der Waals surface area contributed by atoms with E-state index in [1.807, 2.05) is 43.4 Å². The minimum Gasteiger partial charge on any atom is -0.363 e. The van der Waals surface area contributed by atoms with Gasteiger partial charge in [-0.3, -0.25) is 4.90 Å². The fourth-order valence-corrected chi connectivity index (χ4v) is 3.36. The zero-order valence-corrected chi connectivity index (χ0v) is 15.8. The van der Waals surface area contributed by atoms with Crippen molar-refractivity contribution in [3.63, 3.8) is 0 Å². The first-order valence-corrected chi connectivity index (χ1v) is 9.01. The highest BCUT2D eigenvalue weighted by Gasteiger charge is 2.25. The normalized spacial score (nSPS) is 17.5. The molecule has 1 aliphatic heterocycles. The van der Waals surface area contributed by atoms with Crippen LogP contribution >= 0.6 is 0 Å². The van der Waals surface area contributed by atoms with Gasteiger partial charge in [0.2, 0.25) is 5.95 Å². The molecule has 0 bridgehead atoms. The van der Waals surface area contributed by atoms with Gasteiger partial charge in [0.05, 0.1) is 11.6 Å². The first-order chi connectivity index (χ1) is 12.6. The average molecular weight is 350 g/mol. The first-order valence-electron chi connectivity index (χ1n) is 9.01. The molecule has 0 spiro atoms. The summed E-state index contributed by atoms with van der Waals surface area (Å²) in [6.45, 7) is 3.00. The maximum atomic E-state index is 8.93. The molecule has 1 fully saturated rings. The van der Waals surface area contributed by atoms with Crippen LogP contribution in [0.5, 0.6) is 0 Å². The Morgan fingerprint density at radius 1 is 1.19 bits per heavy atom. The molecule has 1 unspecified atom stereocenters. The summed E-state index contributed by atoms with van der Waals surface area (Å²) >= 11 is 0. The zero-order chi connectivity index (χ0) is 18.5. The lowest BCUT2D eigenvalue weighted by Gasteiger charge is -2.37. The van der Waals surface area contributed by atoms with Crippen LogP contribution in [0, 0.1) is 11.3 Å². The molecule has 3 rings (SSSR count). The lowest BCUT2D eigenvalue weighted by molar-refractivity contribution is 0.198. The van der Waals surface area contributed by atoms with Crippen LogP contribution in [0.1, 0.15) is 24.0 Å². The molecule has 6 nitrogen and oxygen atoms in total. The predicted molar refractivity (Wildman–Crippen MR) is 104 cm³/mol. The minimum absolute atomic E-state index is 0.402. The van der Waals surface area contributed by atoms with Gasteiger partial charge in [-0.15, -0.1) is 0 Å². The SMILES string of the molecule is CN(C)c1ccnc(N(C)C2CCCN(Cc3ccc(C#N)cc3)C2)n1. The molecule has 1 aromatic carbocycles. The molecule has 2 aromatic rings. The van der Waals surface area contributed by atoms with Gasteiger partial charge in [-0.25, -0.2) is 4.98 Å². The van der Waals surface area contributed by atoms with Crippen LogP contribution in [0.25, 0.3) is 0 Å². The van der Waals surface area contributed by atoms with Crippen LogP contribution in [0.15, 0.2) is 36.5 Å². The highest BCUT2D eigenvalue weighted by Crippen LogP contribution is 2.21. The van der Waals surface area contributed by atoms with Crippen LogP contribution in [0.2, 0.25) is 0 Å². The molecule has 0 saturated carbocycles. The van der Waals surface area contributed by atoms with Gasteiger partial charge in [-0.2, -0.15) is 10.2 Å². The highest BCUT2D eigenvalue weighted by molar-refractivity contribution is 5.42. The van der Waals surface area contributed by atoms with E-state index in [2.05, 4.69) is 45.0 Å².